The van der Waals surface area contributed by atoms with Crippen LogP contribution in [0.4, 0.5) is 10.3 Å². The van der Waals surface area contributed by atoms with E-state index in [-0.39, 0.29) is 6.04 Å². The quantitative estimate of drug-likeness (QED) is 0.591. The predicted molar refractivity (Wildman–Crippen MR) is 106 cm³/mol. The fourth-order valence-electron chi connectivity index (χ4n) is 3.36. The Morgan fingerprint density at radius 1 is 1.38 bits per heavy atom. The number of ether oxygens (including phenoxy) is 1. The first kappa shape index (κ1) is 19.5. The molecule has 154 valence electrons. The number of hydrogen-bond donors (Lipinski definition) is 3. The summed E-state index contributed by atoms with van der Waals surface area (Å²) in [6.07, 6.45) is 2.74. The van der Waals surface area contributed by atoms with Crippen LogP contribution in [0.5, 0.6) is 5.75 Å². The molecule has 0 saturated carbocycles. The van der Waals surface area contributed by atoms with Gasteiger partial charge in [-0.25, -0.2) is 23.9 Å². The second-order valence-electron chi connectivity index (χ2n) is 7.56. The first-order valence-electron chi connectivity index (χ1n) is 9.47. The van der Waals surface area contributed by atoms with E-state index in [1.54, 1.807) is 42.9 Å². The van der Waals surface area contributed by atoms with Crippen molar-refractivity contribution in [2.45, 2.75) is 38.1 Å². The molecule has 3 aromatic rings. The average Bonchev–Trinajstić information content (AvgIpc) is 3.11. The minimum absolute atomic E-state index is 0.338. The first-order valence-corrected chi connectivity index (χ1v) is 9.47. The van der Waals surface area contributed by atoms with E-state index in [0.717, 1.165) is 0 Å². The van der Waals surface area contributed by atoms with E-state index >= 15 is 0 Å². The fourth-order valence-corrected chi connectivity index (χ4v) is 3.36. The number of piperidine rings is 1. The molecular weight excluding hydrogens is 377 g/mol. The molecule has 2 atom stereocenters. The normalized spacial score (nSPS) is 20.0. The largest absolute Gasteiger partial charge is 0.495 e. The standard InChI is InChI=1S/C19H24FN7O2/c1-19(2,28)17-15(29-3)8-16-23-10-14(27(16)26-17)12-5-7-22-18(24-12)25-13-9-21-6-4-11(13)20/h5,7-8,10-11,13,21,28H,4,6,9H2,1-3H3,(H,22,24,25)/t11-,13?/m0/s1. The van der Waals surface area contributed by atoms with Crippen LogP contribution in [0.1, 0.15) is 26.0 Å². The van der Waals surface area contributed by atoms with Gasteiger partial charge >= 0.3 is 0 Å². The van der Waals surface area contributed by atoms with Crippen LogP contribution in [0.25, 0.3) is 17.0 Å². The van der Waals surface area contributed by atoms with E-state index in [9.17, 15) is 9.50 Å². The summed E-state index contributed by atoms with van der Waals surface area (Å²) in [5.74, 6) is 0.788. The Labute approximate surface area is 167 Å². The van der Waals surface area contributed by atoms with E-state index in [1.165, 1.54) is 7.11 Å². The average molecular weight is 401 g/mol. The van der Waals surface area contributed by atoms with Gasteiger partial charge in [-0.1, -0.05) is 0 Å². The Bertz CT molecular complexity index is 1020. The molecule has 0 aromatic carbocycles. The molecule has 9 nitrogen and oxygen atoms in total. The Hall–Kier alpha value is -2.85. The highest BCUT2D eigenvalue weighted by Crippen LogP contribution is 2.30. The zero-order chi connectivity index (χ0) is 20.6. The van der Waals surface area contributed by atoms with Crippen LogP contribution >= 0.6 is 0 Å². The molecule has 0 bridgehead atoms. The SMILES string of the molecule is COc1cc2ncc(-c3ccnc(NC4CNCC[C@@H]4F)n3)n2nc1C(C)(C)O. The maximum absolute atomic E-state index is 14.1. The summed E-state index contributed by atoms with van der Waals surface area (Å²) < 4.78 is 21.1. The van der Waals surface area contributed by atoms with E-state index in [0.29, 0.717) is 53.9 Å². The van der Waals surface area contributed by atoms with Crippen molar-refractivity contribution >= 4 is 11.6 Å². The van der Waals surface area contributed by atoms with Crippen LogP contribution in [0.2, 0.25) is 0 Å². The molecule has 29 heavy (non-hydrogen) atoms. The highest BCUT2D eigenvalue weighted by molar-refractivity contribution is 5.61. The number of anilines is 1. The van der Waals surface area contributed by atoms with Gasteiger partial charge < -0.3 is 20.5 Å². The molecule has 0 aliphatic carbocycles. The lowest BCUT2D eigenvalue weighted by molar-refractivity contribution is 0.0694. The summed E-state index contributed by atoms with van der Waals surface area (Å²) in [6.45, 7) is 4.46. The van der Waals surface area contributed by atoms with Gasteiger partial charge in [0.1, 0.15) is 28.9 Å². The molecule has 3 aromatic heterocycles. The molecule has 0 amide bonds. The number of nitrogens with zero attached hydrogens (tertiary/aromatic N) is 5. The van der Waals surface area contributed by atoms with E-state index in [1.807, 2.05) is 0 Å². The van der Waals surface area contributed by atoms with Crippen molar-refractivity contribution in [2.24, 2.45) is 0 Å². The van der Waals surface area contributed by atoms with Crippen molar-refractivity contribution in [3.8, 4) is 17.1 Å². The fraction of sp³-hybridized carbons (Fsp3) is 0.474. The van der Waals surface area contributed by atoms with E-state index < -0.39 is 11.8 Å². The maximum Gasteiger partial charge on any atom is 0.223 e. The molecule has 1 unspecified atom stereocenters. The summed E-state index contributed by atoms with van der Waals surface area (Å²) in [6, 6.07) is 3.06. The Balaban J connectivity index is 1.71. The summed E-state index contributed by atoms with van der Waals surface area (Å²) >= 11 is 0. The second kappa shape index (κ2) is 7.53. The maximum atomic E-state index is 14.1. The second-order valence-corrected chi connectivity index (χ2v) is 7.56. The van der Waals surface area contributed by atoms with Gasteiger partial charge in [-0.3, -0.25) is 0 Å². The van der Waals surface area contributed by atoms with Crippen LogP contribution < -0.4 is 15.4 Å². The van der Waals surface area contributed by atoms with Crippen LogP contribution in [-0.2, 0) is 5.60 Å². The molecule has 3 N–H and O–H groups in total. The van der Waals surface area contributed by atoms with Crippen molar-refractivity contribution in [3.05, 3.63) is 30.2 Å². The number of imidazole rings is 1. The molecule has 0 spiro atoms. The molecule has 1 aliphatic heterocycles. The molecule has 4 rings (SSSR count). The molecule has 1 saturated heterocycles. The monoisotopic (exact) mass is 401 g/mol. The van der Waals surface area contributed by atoms with Gasteiger partial charge in [0.15, 0.2) is 5.65 Å². The van der Waals surface area contributed by atoms with Crippen molar-refractivity contribution in [2.75, 3.05) is 25.5 Å². The number of halogens is 1. The van der Waals surface area contributed by atoms with Gasteiger partial charge in [-0.2, -0.15) is 5.10 Å². The minimum Gasteiger partial charge on any atom is -0.495 e. The lowest BCUT2D eigenvalue weighted by Gasteiger charge is -2.27. The van der Waals surface area contributed by atoms with Crippen LogP contribution in [0, 0.1) is 0 Å². The summed E-state index contributed by atoms with van der Waals surface area (Å²) in [5, 5.41) is 21.2. The van der Waals surface area contributed by atoms with Crippen LogP contribution in [0.15, 0.2) is 24.5 Å². The number of nitrogens with one attached hydrogen (secondary N) is 2. The van der Waals surface area contributed by atoms with Gasteiger partial charge in [0.05, 0.1) is 25.0 Å². The summed E-state index contributed by atoms with van der Waals surface area (Å²) in [7, 11) is 1.52. The predicted octanol–water partition coefficient (Wildman–Crippen LogP) is 1.53. The highest BCUT2D eigenvalue weighted by Gasteiger charge is 2.27. The van der Waals surface area contributed by atoms with Gasteiger partial charge in [0.25, 0.3) is 0 Å². The Morgan fingerprint density at radius 3 is 2.93 bits per heavy atom. The third kappa shape index (κ3) is 3.85. The number of methoxy groups -OCH3 is 1. The Morgan fingerprint density at radius 2 is 2.21 bits per heavy atom. The third-order valence-corrected chi connectivity index (χ3v) is 4.89. The van der Waals surface area contributed by atoms with Gasteiger partial charge in [-0.05, 0) is 32.9 Å². The first-order chi connectivity index (χ1) is 13.9. The molecular formula is C19H24FN7O2. The lowest BCUT2D eigenvalue weighted by Crippen LogP contribution is -2.46. The van der Waals surface area contributed by atoms with Gasteiger partial charge in [-0.15, -0.1) is 0 Å². The molecule has 10 heteroatoms. The van der Waals surface area contributed by atoms with E-state index in [4.69, 9.17) is 4.74 Å². The summed E-state index contributed by atoms with van der Waals surface area (Å²) in [5.41, 5.74) is 0.931. The molecule has 1 fully saturated rings. The van der Waals surface area contributed by atoms with Crippen LogP contribution in [0.3, 0.4) is 0 Å². The highest BCUT2D eigenvalue weighted by atomic mass is 19.1. The number of rotatable bonds is 5. The number of aliphatic hydroxyl groups is 1. The minimum atomic E-state index is -1.20. The number of aromatic nitrogens is 5. The smallest absolute Gasteiger partial charge is 0.223 e. The topological polar surface area (TPSA) is 109 Å². The zero-order valence-electron chi connectivity index (χ0n) is 16.6. The van der Waals surface area contributed by atoms with Crippen molar-refractivity contribution in [3.63, 3.8) is 0 Å². The molecule has 0 radical (unpaired) electrons. The number of alkyl halides is 1. The van der Waals surface area contributed by atoms with Gasteiger partial charge in [0.2, 0.25) is 5.95 Å². The lowest BCUT2D eigenvalue weighted by atomic mass is 10.0. The van der Waals surface area contributed by atoms with Crippen LogP contribution in [-0.4, -0.2) is 62.1 Å². The Kier molecular flexibility index (Phi) is 5.05. The van der Waals surface area contributed by atoms with Crippen molar-refractivity contribution < 1.29 is 14.2 Å². The third-order valence-electron chi connectivity index (χ3n) is 4.89. The summed E-state index contributed by atoms with van der Waals surface area (Å²) in [4.78, 5) is 13.1. The van der Waals surface area contributed by atoms with E-state index in [2.05, 4.69) is 30.7 Å². The van der Waals surface area contributed by atoms with Crippen molar-refractivity contribution in [1.82, 2.24) is 29.9 Å². The van der Waals surface area contributed by atoms with Crippen molar-refractivity contribution in [1.29, 1.82) is 0 Å². The molecule has 1 aliphatic rings. The number of hydrogen-bond acceptors (Lipinski definition) is 8. The number of fused-ring (bicyclic) bond motifs is 1. The van der Waals surface area contributed by atoms with Gasteiger partial charge in [0, 0.05) is 18.8 Å². The zero-order valence-corrected chi connectivity index (χ0v) is 16.6. The molecule has 4 heterocycles.